The highest BCUT2D eigenvalue weighted by atomic mass is 32.2. The van der Waals surface area contributed by atoms with Crippen molar-refractivity contribution in [2.24, 2.45) is 7.05 Å². The first-order chi connectivity index (χ1) is 13.8. The lowest BCUT2D eigenvalue weighted by Crippen LogP contribution is -2.31. The average molecular weight is 414 g/mol. The van der Waals surface area contributed by atoms with Crippen molar-refractivity contribution in [2.75, 3.05) is 14.2 Å². The second kappa shape index (κ2) is 8.56. The minimum absolute atomic E-state index is 0.0391. The summed E-state index contributed by atoms with van der Waals surface area (Å²) < 4.78 is 27.5. The summed E-state index contributed by atoms with van der Waals surface area (Å²) in [5.74, 6) is 0.242. The predicted octanol–water partition coefficient (Wildman–Crippen LogP) is 2.12. The number of sulfonamides is 1. The number of nitrogens with zero attached hydrogens (tertiary/aromatic N) is 3. The van der Waals surface area contributed by atoms with Crippen LogP contribution >= 0.6 is 0 Å². The molecule has 2 aromatic carbocycles. The maximum Gasteiger partial charge on any atom is 0.264 e. The van der Waals surface area contributed by atoms with Gasteiger partial charge in [0.15, 0.2) is 0 Å². The molecule has 9 heteroatoms. The minimum atomic E-state index is -3.86. The van der Waals surface area contributed by atoms with Gasteiger partial charge in [-0.2, -0.15) is 0 Å². The van der Waals surface area contributed by atoms with Gasteiger partial charge in [-0.3, -0.25) is 9.63 Å². The van der Waals surface area contributed by atoms with Gasteiger partial charge in [-0.15, -0.1) is 0 Å². The van der Waals surface area contributed by atoms with Crippen molar-refractivity contribution in [2.45, 2.75) is 10.9 Å². The summed E-state index contributed by atoms with van der Waals surface area (Å²) in [6, 6.07) is 14.8. The van der Waals surface area contributed by atoms with E-state index >= 15 is 0 Å². The van der Waals surface area contributed by atoms with Crippen LogP contribution in [0.25, 0.3) is 0 Å². The van der Waals surface area contributed by atoms with Gasteiger partial charge in [0.1, 0.15) is 11.9 Å². The molecule has 1 unspecified atom stereocenters. The van der Waals surface area contributed by atoms with Gasteiger partial charge >= 0.3 is 0 Å². The van der Waals surface area contributed by atoms with E-state index in [4.69, 9.17) is 4.84 Å². The number of carbonyl (C=O) groups is 1. The molecule has 0 aliphatic carbocycles. The Morgan fingerprint density at radius 2 is 1.90 bits per heavy atom. The number of amides is 1. The number of imidazole rings is 1. The fraction of sp³-hybridized carbons (Fsp3) is 0.200. The zero-order valence-electron chi connectivity index (χ0n) is 16.3. The maximum absolute atomic E-state index is 13.0. The largest absolute Gasteiger partial charge is 0.338 e. The van der Waals surface area contributed by atoms with Crippen LogP contribution in [0.4, 0.5) is 0 Å². The average Bonchev–Trinajstić information content (AvgIpc) is 3.17. The summed E-state index contributed by atoms with van der Waals surface area (Å²) in [7, 11) is 0.526. The predicted molar refractivity (Wildman–Crippen MR) is 107 cm³/mol. The first-order valence-corrected chi connectivity index (χ1v) is 10.2. The molecule has 0 bridgehead atoms. The van der Waals surface area contributed by atoms with Crippen molar-refractivity contribution in [1.82, 2.24) is 19.3 Å². The lowest BCUT2D eigenvalue weighted by atomic mass is 10.1. The number of rotatable bonds is 7. The molecule has 0 fully saturated rings. The van der Waals surface area contributed by atoms with Gasteiger partial charge in [-0.1, -0.05) is 40.9 Å². The highest BCUT2D eigenvalue weighted by molar-refractivity contribution is 7.89. The molecule has 0 aliphatic rings. The van der Waals surface area contributed by atoms with Gasteiger partial charge in [0.25, 0.3) is 15.9 Å². The number of benzene rings is 2. The second-order valence-corrected chi connectivity index (χ2v) is 8.27. The molecule has 8 nitrogen and oxygen atoms in total. The maximum atomic E-state index is 13.0. The summed E-state index contributed by atoms with van der Waals surface area (Å²) in [4.78, 5) is 22.1. The number of hydroxylamine groups is 1. The third-order valence-electron chi connectivity index (χ3n) is 4.51. The lowest BCUT2D eigenvalue weighted by molar-refractivity contribution is -0.0258. The Labute approximate surface area is 169 Å². The van der Waals surface area contributed by atoms with Crippen LogP contribution in [0, 0.1) is 0 Å². The van der Waals surface area contributed by atoms with Crippen molar-refractivity contribution in [3.63, 3.8) is 0 Å². The van der Waals surface area contributed by atoms with Gasteiger partial charge < -0.3 is 9.88 Å². The number of aryl methyl sites for hydroxylation is 1. The van der Waals surface area contributed by atoms with E-state index < -0.39 is 22.0 Å². The Kier molecular flexibility index (Phi) is 6.12. The number of hydrogen-bond acceptors (Lipinski definition) is 5. The Morgan fingerprint density at radius 1 is 1.17 bits per heavy atom. The van der Waals surface area contributed by atoms with E-state index in [1.165, 1.54) is 32.4 Å². The number of carbonyl (C=O) groups excluding carboxylic acids is 1. The molecule has 1 atom stereocenters. The van der Waals surface area contributed by atoms with Crippen LogP contribution in [-0.4, -0.2) is 42.5 Å². The first kappa shape index (κ1) is 20.7. The second-order valence-electron chi connectivity index (χ2n) is 6.34. The zero-order valence-corrected chi connectivity index (χ0v) is 17.1. The smallest absolute Gasteiger partial charge is 0.264 e. The van der Waals surface area contributed by atoms with E-state index in [2.05, 4.69) is 10.3 Å². The standard InChI is InChI=1S/C20H22N4O4S/c1-23-13-12-21-19(23)18(15-8-5-4-6-9-15)22-20(25)16-10-7-11-17(14-16)29(26,27)24(2)28-3/h4-14,18H,1-3H3,(H,22,25). The topological polar surface area (TPSA) is 93.5 Å². The van der Waals surface area contributed by atoms with E-state index in [-0.39, 0.29) is 10.5 Å². The van der Waals surface area contributed by atoms with Crippen LogP contribution in [0.2, 0.25) is 0 Å². The van der Waals surface area contributed by atoms with Crippen molar-refractivity contribution in [1.29, 1.82) is 0 Å². The van der Waals surface area contributed by atoms with Gasteiger partial charge in [0, 0.05) is 32.1 Å². The minimum Gasteiger partial charge on any atom is -0.338 e. The summed E-state index contributed by atoms with van der Waals surface area (Å²) in [6.45, 7) is 0. The Bertz CT molecular complexity index is 1100. The number of aromatic nitrogens is 2. The van der Waals surface area contributed by atoms with Crippen LogP contribution in [0.5, 0.6) is 0 Å². The molecule has 152 valence electrons. The van der Waals surface area contributed by atoms with Crippen LogP contribution in [0.3, 0.4) is 0 Å². The monoisotopic (exact) mass is 414 g/mol. The fourth-order valence-electron chi connectivity index (χ4n) is 2.86. The molecule has 1 aromatic heterocycles. The SMILES string of the molecule is CON(C)S(=O)(=O)c1cccc(C(=O)NC(c2ccccc2)c2nccn2C)c1. The van der Waals surface area contributed by atoms with Crippen molar-refractivity contribution < 1.29 is 18.0 Å². The summed E-state index contributed by atoms with van der Waals surface area (Å²) in [6.07, 6.45) is 3.45. The molecular weight excluding hydrogens is 392 g/mol. The van der Waals surface area contributed by atoms with Crippen LogP contribution in [0.1, 0.15) is 27.8 Å². The van der Waals surface area contributed by atoms with E-state index in [1.807, 2.05) is 41.9 Å². The third-order valence-corrected chi connectivity index (χ3v) is 6.19. The Morgan fingerprint density at radius 3 is 2.52 bits per heavy atom. The Hall–Kier alpha value is -3.01. The molecule has 1 amide bonds. The van der Waals surface area contributed by atoms with E-state index in [0.717, 1.165) is 10.0 Å². The molecule has 3 rings (SSSR count). The van der Waals surface area contributed by atoms with Crippen molar-refractivity contribution in [3.05, 3.63) is 83.9 Å². The summed E-state index contributed by atoms with van der Waals surface area (Å²) in [5, 5.41) is 2.95. The van der Waals surface area contributed by atoms with E-state index in [9.17, 15) is 13.2 Å². The molecule has 0 saturated carbocycles. The number of hydrogen-bond donors (Lipinski definition) is 1. The Balaban J connectivity index is 1.94. The molecule has 29 heavy (non-hydrogen) atoms. The fourth-order valence-corrected chi connectivity index (χ4v) is 3.88. The van der Waals surface area contributed by atoms with Gasteiger partial charge in [0.05, 0.1) is 12.0 Å². The van der Waals surface area contributed by atoms with E-state index in [1.54, 1.807) is 18.5 Å². The van der Waals surface area contributed by atoms with Gasteiger partial charge in [-0.05, 0) is 23.8 Å². The molecule has 1 heterocycles. The lowest BCUT2D eigenvalue weighted by Gasteiger charge is -2.20. The van der Waals surface area contributed by atoms with Gasteiger partial charge in [-0.25, -0.2) is 13.4 Å². The quantitative estimate of drug-likeness (QED) is 0.598. The molecule has 3 aromatic rings. The number of nitrogens with one attached hydrogen (secondary N) is 1. The van der Waals surface area contributed by atoms with Crippen LogP contribution < -0.4 is 5.32 Å². The van der Waals surface area contributed by atoms with Crippen LogP contribution in [-0.2, 0) is 21.9 Å². The van der Waals surface area contributed by atoms with Gasteiger partial charge in [0.2, 0.25) is 0 Å². The normalized spacial score (nSPS) is 12.7. The summed E-state index contributed by atoms with van der Waals surface area (Å²) >= 11 is 0. The van der Waals surface area contributed by atoms with Crippen molar-refractivity contribution >= 4 is 15.9 Å². The highest BCUT2D eigenvalue weighted by Gasteiger charge is 2.24. The molecule has 1 N–H and O–H groups in total. The summed E-state index contributed by atoms with van der Waals surface area (Å²) in [5.41, 5.74) is 1.07. The van der Waals surface area contributed by atoms with Crippen LogP contribution in [0.15, 0.2) is 71.9 Å². The highest BCUT2D eigenvalue weighted by Crippen LogP contribution is 2.22. The molecule has 0 spiro atoms. The molecule has 0 saturated heterocycles. The van der Waals surface area contributed by atoms with E-state index in [0.29, 0.717) is 5.82 Å². The third kappa shape index (κ3) is 4.37. The zero-order chi connectivity index (χ0) is 21.0. The molecule has 0 aliphatic heterocycles. The first-order valence-electron chi connectivity index (χ1n) is 8.80. The molecule has 0 radical (unpaired) electrons. The molecular formula is C20H22N4O4S. The van der Waals surface area contributed by atoms with Crippen molar-refractivity contribution in [3.8, 4) is 0 Å².